The minimum Gasteiger partial charge on any atom is -0.317 e. The lowest BCUT2D eigenvalue weighted by Crippen LogP contribution is -2.38. The average molecular weight is 252 g/mol. The summed E-state index contributed by atoms with van der Waals surface area (Å²) in [6.45, 7) is 9.19. The topological polar surface area (TPSA) is 15.3 Å². The van der Waals surface area contributed by atoms with Crippen molar-refractivity contribution in [1.82, 2.24) is 10.2 Å². The van der Waals surface area contributed by atoms with Crippen LogP contribution in [-0.2, 0) is 6.54 Å². The van der Waals surface area contributed by atoms with Gasteiger partial charge in [-0.05, 0) is 39.0 Å². The van der Waals surface area contributed by atoms with Crippen LogP contribution in [0.5, 0.6) is 0 Å². The zero-order chi connectivity index (χ0) is 13.5. The molecule has 2 nitrogen and oxygen atoms in total. The predicted octanol–water partition coefficient (Wildman–Crippen LogP) is 2.89. The monoisotopic (exact) mass is 252 g/mol. The number of hydrogen-bond donors (Lipinski definition) is 1. The van der Waals surface area contributed by atoms with Gasteiger partial charge in [0.1, 0.15) is 5.82 Å². The second kappa shape index (κ2) is 7.49. The Morgan fingerprint density at radius 3 is 2.56 bits per heavy atom. The molecule has 2 unspecified atom stereocenters. The van der Waals surface area contributed by atoms with E-state index in [4.69, 9.17) is 0 Å². The fourth-order valence-corrected chi connectivity index (χ4v) is 2.02. The van der Waals surface area contributed by atoms with Gasteiger partial charge in [-0.3, -0.25) is 4.90 Å². The van der Waals surface area contributed by atoms with E-state index < -0.39 is 0 Å². The highest BCUT2D eigenvalue weighted by Crippen LogP contribution is 2.14. The zero-order valence-corrected chi connectivity index (χ0v) is 11.9. The molecule has 2 atom stereocenters. The third kappa shape index (κ3) is 4.39. The van der Waals surface area contributed by atoms with Gasteiger partial charge in [0, 0.05) is 18.2 Å². The maximum absolute atomic E-state index is 13.6. The summed E-state index contributed by atoms with van der Waals surface area (Å²) < 4.78 is 13.6. The number of nitrogens with one attached hydrogen (secondary N) is 1. The highest BCUT2D eigenvalue weighted by atomic mass is 19.1. The minimum atomic E-state index is -0.115. The Morgan fingerprint density at radius 2 is 1.94 bits per heavy atom. The fraction of sp³-hybridized carbons (Fsp3) is 0.600. The Bertz CT molecular complexity index is 354. The second-order valence-electron chi connectivity index (χ2n) is 5.03. The number of hydrogen-bond acceptors (Lipinski definition) is 2. The van der Waals surface area contributed by atoms with Crippen molar-refractivity contribution in [1.29, 1.82) is 0 Å². The maximum atomic E-state index is 13.6. The van der Waals surface area contributed by atoms with E-state index in [0.29, 0.717) is 18.5 Å². The SMILES string of the molecule is CCNCC(C)C(C)N(C)Cc1ccccc1F. The summed E-state index contributed by atoms with van der Waals surface area (Å²) in [6.07, 6.45) is 0. The third-order valence-corrected chi connectivity index (χ3v) is 3.61. The maximum Gasteiger partial charge on any atom is 0.127 e. The Labute approximate surface area is 110 Å². The van der Waals surface area contributed by atoms with Crippen LogP contribution in [0.1, 0.15) is 26.3 Å². The third-order valence-electron chi connectivity index (χ3n) is 3.61. The minimum absolute atomic E-state index is 0.115. The summed E-state index contributed by atoms with van der Waals surface area (Å²) >= 11 is 0. The van der Waals surface area contributed by atoms with Crippen molar-refractivity contribution in [3.05, 3.63) is 35.6 Å². The lowest BCUT2D eigenvalue weighted by atomic mass is 10.0. The molecule has 102 valence electrons. The van der Waals surface area contributed by atoms with E-state index >= 15 is 0 Å². The lowest BCUT2D eigenvalue weighted by molar-refractivity contribution is 0.187. The molecule has 0 aliphatic rings. The van der Waals surface area contributed by atoms with Crippen LogP contribution >= 0.6 is 0 Å². The van der Waals surface area contributed by atoms with Gasteiger partial charge < -0.3 is 5.32 Å². The van der Waals surface area contributed by atoms with Crippen LogP contribution in [0.15, 0.2) is 24.3 Å². The Balaban J connectivity index is 2.54. The van der Waals surface area contributed by atoms with Gasteiger partial charge in [0.25, 0.3) is 0 Å². The summed E-state index contributed by atoms with van der Waals surface area (Å²) in [4.78, 5) is 2.21. The molecule has 0 aliphatic carbocycles. The predicted molar refractivity (Wildman–Crippen MR) is 75.0 cm³/mol. The van der Waals surface area contributed by atoms with Gasteiger partial charge in [0.2, 0.25) is 0 Å². The summed E-state index contributed by atoms with van der Waals surface area (Å²) in [5.41, 5.74) is 0.766. The van der Waals surface area contributed by atoms with Crippen molar-refractivity contribution in [3.63, 3.8) is 0 Å². The summed E-state index contributed by atoms with van der Waals surface area (Å²) in [7, 11) is 2.06. The van der Waals surface area contributed by atoms with Crippen LogP contribution in [0, 0.1) is 11.7 Å². The largest absolute Gasteiger partial charge is 0.317 e. The normalized spacial score (nSPS) is 14.8. The van der Waals surface area contributed by atoms with Crippen molar-refractivity contribution in [2.24, 2.45) is 5.92 Å². The fourth-order valence-electron chi connectivity index (χ4n) is 2.02. The standard InChI is InChI=1S/C15H25FN2/c1-5-17-10-12(2)13(3)18(4)11-14-8-6-7-9-15(14)16/h6-9,12-13,17H,5,10-11H2,1-4H3. The first kappa shape index (κ1) is 15.1. The molecule has 0 aliphatic heterocycles. The van der Waals surface area contributed by atoms with Crippen LogP contribution in [0.3, 0.4) is 0 Å². The van der Waals surface area contributed by atoms with Gasteiger partial charge in [-0.1, -0.05) is 32.0 Å². The highest BCUT2D eigenvalue weighted by Gasteiger charge is 2.17. The Hall–Kier alpha value is -0.930. The first-order valence-corrected chi connectivity index (χ1v) is 6.70. The summed E-state index contributed by atoms with van der Waals surface area (Å²) in [5.74, 6) is 0.428. The molecule has 1 aromatic carbocycles. The van der Waals surface area contributed by atoms with Crippen molar-refractivity contribution in [3.8, 4) is 0 Å². The summed E-state index contributed by atoms with van der Waals surface area (Å²) in [6, 6.07) is 7.42. The van der Waals surface area contributed by atoms with Crippen LogP contribution in [0.25, 0.3) is 0 Å². The van der Waals surface area contributed by atoms with E-state index in [1.54, 1.807) is 6.07 Å². The second-order valence-corrected chi connectivity index (χ2v) is 5.03. The Kier molecular flexibility index (Phi) is 6.30. The van der Waals surface area contributed by atoms with Crippen molar-refractivity contribution < 1.29 is 4.39 Å². The van der Waals surface area contributed by atoms with Crippen molar-refractivity contribution in [2.75, 3.05) is 20.1 Å². The van der Waals surface area contributed by atoms with Crippen LogP contribution in [0.4, 0.5) is 4.39 Å². The molecule has 1 aromatic rings. The zero-order valence-electron chi connectivity index (χ0n) is 11.9. The molecule has 0 bridgehead atoms. The molecule has 0 saturated heterocycles. The van der Waals surface area contributed by atoms with Crippen molar-refractivity contribution >= 4 is 0 Å². The van der Waals surface area contributed by atoms with Crippen molar-refractivity contribution in [2.45, 2.75) is 33.4 Å². The average Bonchev–Trinajstić information content (AvgIpc) is 2.37. The van der Waals surface area contributed by atoms with Crippen LogP contribution in [0.2, 0.25) is 0 Å². The highest BCUT2D eigenvalue weighted by molar-refractivity contribution is 5.17. The molecule has 0 saturated carbocycles. The van der Waals surface area contributed by atoms with Gasteiger partial charge in [0.05, 0.1) is 0 Å². The molecule has 3 heteroatoms. The molecule has 0 amide bonds. The quantitative estimate of drug-likeness (QED) is 0.802. The first-order chi connectivity index (χ1) is 8.56. The van der Waals surface area contributed by atoms with E-state index in [0.717, 1.165) is 18.7 Å². The van der Waals surface area contributed by atoms with Gasteiger partial charge in [-0.25, -0.2) is 4.39 Å². The molecular weight excluding hydrogens is 227 g/mol. The number of halogens is 1. The molecule has 0 heterocycles. The van der Waals surface area contributed by atoms with E-state index in [9.17, 15) is 4.39 Å². The number of benzene rings is 1. The van der Waals surface area contributed by atoms with Gasteiger partial charge >= 0.3 is 0 Å². The molecule has 0 aromatic heterocycles. The molecule has 18 heavy (non-hydrogen) atoms. The van der Waals surface area contributed by atoms with Gasteiger partial charge in [0.15, 0.2) is 0 Å². The van der Waals surface area contributed by atoms with E-state index in [1.165, 1.54) is 6.07 Å². The molecule has 0 radical (unpaired) electrons. The lowest BCUT2D eigenvalue weighted by Gasteiger charge is -2.30. The van der Waals surface area contributed by atoms with Crippen LogP contribution < -0.4 is 5.32 Å². The van der Waals surface area contributed by atoms with E-state index in [2.05, 4.69) is 38.0 Å². The number of rotatable bonds is 7. The first-order valence-electron chi connectivity index (χ1n) is 6.70. The van der Waals surface area contributed by atoms with Gasteiger partial charge in [-0.15, -0.1) is 0 Å². The molecule has 1 rings (SSSR count). The van der Waals surface area contributed by atoms with Gasteiger partial charge in [-0.2, -0.15) is 0 Å². The molecule has 0 spiro atoms. The van der Waals surface area contributed by atoms with Crippen LogP contribution in [-0.4, -0.2) is 31.1 Å². The Morgan fingerprint density at radius 1 is 1.28 bits per heavy atom. The smallest absolute Gasteiger partial charge is 0.127 e. The van der Waals surface area contributed by atoms with E-state index in [-0.39, 0.29) is 5.82 Å². The van der Waals surface area contributed by atoms with E-state index in [1.807, 2.05) is 12.1 Å². The molecule has 0 fully saturated rings. The number of nitrogens with zero attached hydrogens (tertiary/aromatic N) is 1. The summed E-state index contributed by atoms with van der Waals surface area (Å²) in [5, 5.41) is 3.36. The molecular formula is C15H25FN2. The molecule has 1 N–H and O–H groups in total.